The van der Waals surface area contributed by atoms with Crippen LogP contribution in [-0.4, -0.2) is 40.0 Å². The maximum atomic E-state index is 5.42. The van der Waals surface area contributed by atoms with Gasteiger partial charge in [0.1, 0.15) is 0 Å². The number of unbranched alkanes of at least 4 members (excludes halogenated alkanes) is 1. The second-order valence-corrected chi connectivity index (χ2v) is 3.73. The second kappa shape index (κ2) is 11.0. The van der Waals surface area contributed by atoms with E-state index in [-0.39, 0.29) is 0 Å². The first-order valence-electron chi connectivity index (χ1n) is 5.58. The summed E-state index contributed by atoms with van der Waals surface area (Å²) in [6.07, 6.45) is 2.37. The van der Waals surface area contributed by atoms with Gasteiger partial charge in [-0.1, -0.05) is 20.3 Å². The quantitative estimate of drug-likeness (QED) is 0.548. The summed E-state index contributed by atoms with van der Waals surface area (Å²) in [6, 6.07) is 0. The van der Waals surface area contributed by atoms with Crippen LogP contribution in [0.2, 0.25) is 0 Å². The van der Waals surface area contributed by atoms with Crippen LogP contribution in [0.3, 0.4) is 0 Å². The maximum Gasteiger partial charge on any atom is 0.0590 e. The van der Waals surface area contributed by atoms with Gasteiger partial charge in [0.2, 0.25) is 0 Å². The normalized spacial score (nSPS) is 13.1. The summed E-state index contributed by atoms with van der Waals surface area (Å²) in [5.41, 5.74) is 0. The molecule has 0 aromatic rings. The fourth-order valence-electron chi connectivity index (χ4n) is 1.18. The maximum absolute atomic E-state index is 5.42. The Hall–Kier alpha value is -0.120. The summed E-state index contributed by atoms with van der Waals surface area (Å²) >= 11 is 0. The Morgan fingerprint density at radius 1 is 1.29 bits per heavy atom. The molecule has 3 nitrogen and oxygen atoms in total. The summed E-state index contributed by atoms with van der Waals surface area (Å²) in [4.78, 5) is 0. The van der Waals surface area contributed by atoms with Crippen molar-refractivity contribution in [1.29, 1.82) is 0 Å². The SMILES string of the molecule is CCCCOCCNCC(C)COC. The van der Waals surface area contributed by atoms with Crippen molar-refractivity contribution >= 4 is 0 Å². The molecule has 0 rings (SSSR count). The molecule has 86 valence electrons. The van der Waals surface area contributed by atoms with Crippen LogP contribution in [0.1, 0.15) is 26.7 Å². The van der Waals surface area contributed by atoms with Crippen LogP contribution in [0.25, 0.3) is 0 Å². The predicted octanol–water partition coefficient (Wildman–Crippen LogP) is 1.68. The summed E-state index contributed by atoms with van der Waals surface area (Å²) in [7, 11) is 1.74. The molecule has 0 heterocycles. The number of hydrogen-bond acceptors (Lipinski definition) is 3. The Morgan fingerprint density at radius 2 is 2.07 bits per heavy atom. The minimum atomic E-state index is 0.579. The molecule has 0 aliphatic carbocycles. The summed E-state index contributed by atoms with van der Waals surface area (Å²) in [5.74, 6) is 0.579. The highest BCUT2D eigenvalue weighted by molar-refractivity contribution is 4.55. The van der Waals surface area contributed by atoms with E-state index in [1.807, 2.05) is 0 Å². The van der Waals surface area contributed by atoms with Crippen molar-refractivity contribution in [1.82, 2.24) is 5.32 Å². The first-order chi connectivity index (χ1) is 6.81. The molecule has 0 aliphatic rings. The van der Waals surface area contributed by atoms with Gasteiger partial charge in [0.15, 0.2) is 0 Å². The van der Waals surface area contributed by atoms with Crippen molar-refractivity contribution in [2.24, 2.45) is 5.92 Å². The number of ether oxygens (including phenoxy) is 2. The number of methoxy groups -OCH3 is 1. The zero-order chi connectivity index (χ0) is 10.6. The van der Waals surface area contributed by atoms with E-state index in [1.54, 1.807) is 7.11 Å². The molecule has 0 saturated carbocycles. The number of nitrogens with one attached hydrogen (secondary N) is 1. The molecule has 1 unspecified atom stereocenters. The van der Waals surface area contributed by atoms with E-state index in [1.165, 1.54) is 12.8 Å². The van der Waals surface area contributed by atoms with Crippen LogP contribution in [0.4, 0.5) is 0 Å². The third kappa shape index (κ3) is 9.96. The third-order valence-corrected chi connectivity index (χ3v) is 2.01. The van der Waals surface area contributed by atoms with Crippen molar-refractivity contribution in [3.63, 3.8) is 0 Å². The van der Waals surface area contributed by atoms with Crippen LogP contribution in [0.15, 0.2) is 0 Å². The van der Waals surface area contributed by atoms with E-state index in [4.69, 9.17) is 9.47 Å². The molecule has 0 aromatic carbocycles. The minimum Gasteiger partial charge on any atom is -0.384 e. The summed E-state index contributed by atoms with van der Waals surface area (Å²) in [5, 5.41) is 3.34. The lowest BCUT2D eigenvalue weighted by molar-refractivity contribution is 0.128. The van der Waals surface area contributed by atoms with Crippen molar-refractivity contribution < 1.29 is 9.47 Å². The van der Waals surface area contributed by atoms with Gasteiger partial charge >= 0.3 is 0 Å². The molecule has 1 atom stereocenters. The molecule has 0 amide bonds. The molecule has 0 spiro atoms. The molecule has 0 radical (unpaired) electrons. The van der Waals surface area contributed by atoms with E-state index >= 15 is 0 Å². The molecule has 0 bridgehead atoms. The zero-order valence-electron chi connectivity index (χ0n) is 9.84. The molecular formula is C11H25NO2. The van der Waals surface area contributed by atoms with Crippen molar-refractivity contribution in [3.05, 3.63) is 0 Å². The Kier molecular flexibility index (Phi) is 10.9. The van der Waals surface area contributed by atoms with Crippen LogP contribution >= 0.6 is 0 Å². The van der Waals surface area contributed by atoms with Gasteiger partial charge in [-0.3, -0.25) is 0 Å². The highest BCUT2D eigenvalue weighted by atomic mass is 16.5. The van der Waals surface area contributed by atoms with Gasteiger partial charge in [0.05, 0.1) is 6.61 Å². The number of hydrogen-bond donors (Lipinski definition) is 1. The standard InChI is InChI=1S/C11H25NO2/c1-4-5-7-14-8-6-12-9-11(2)10-13-3/h11-12H,4-10H2,1-3H3. The lowest BCUT2D eigenvalue weighted by Crippen LogP contribution is -2.27. The van der Waals surface area contributed by atoms with Crippen LogP contribution in [0.5, 0.6) is 0 Å². The van der Waals surface area contributed by atoms with Gasteiger partial charge in [-0.2, -0.15) is 0 Å². The molecule has 1 N–H and O–H groups in total. The molecule has 3 heteroatoms. The topological polar surface area (TPSA) is 30.5 Å². The van der Waals surface area contributed by atoms with Gasteiger partial charge in [0.25, 0.3) is 0 Å². The van der Waals surface area contributed by atoms with Crippen LogP contribution in [0, 0.1) is 5.92 Å². The lowest BCUT2D eigenvalue weighted by atomic mass is 10.2. The third-order valence-electron chi connectivity index (χ3n) is 2.01. The number of rotatable bonds is 10. The lowest BCUT2D eigenvalue weighted by Gasteiger charge is -2.11. The Labute approximate surface area is 88.2 Å². The van der Waals surface area contributed by atoms with E-state index < -0.39 is 0 Å². The molecule has 0 aliphatic heterocycles. The van der Waals surface area contributed by atoms with E-state index in [9.17, 15) is 0 Å². The fraction of sp³-hybridized carbons (Fsp3) is 1.00. The summed E-state index contributed by atoms with van der Waals surface area (Å²) in [6.45, 7) is 8.83. The van der Waals surface area contributed by atoms with Gasteiger partial charge in [-0.25, -0.2) is 0 Å². The van der Waals surface area contributed by atoms with Gasteiger partial charge in [-0.05, 0) is 18.9 Å². The molecule has 0 aromatic heterocycles. The van der Waals surface area contributed by atoms with Crippen LogP contribution < -0.4 is 5.32 Å². The highest BCUT2D eigenvalue weighted by Crippen LogP contribution is 1.91. The highest BCUT2D eigenvalue weighted by Gasteiger charge is 1.99. The van der Waals surface area contributed by atoms with Gasteiger partial charge < -0.3 is 14.8 Å². The van der Waals surface area contributed by atoms with Crippen molar-refractivity contribution in [2.75, 3.05) is 40.0 Å². The molecular weight excluding hydrogens is 178 g/mol. The first-order valence-corrected chi connectivity index (χ1v) is 5.58. The second-order valence-electron chi connectivity index (χ2n) is 3.73. The Balaban J connectivity index is 2.98. The van der Waals surface area contributed by atoms with E-state index in [0.29, 0.717) is 5.92 Å². The van der Waals surface area contributed by atoms with E-state index in [2.05, 4.69) is 19.2 Å². The van der Waals surface area contributed by atoms with Crippen molar-refractivity contribution in [2.45, 2.75) is 26.7 Å². The summed E-state index contributed by atoms with van der Waals surface area (Å²) < 4.78 is 10.5. The smallest absolute Gasteiger partial charge is 0.0590 e. The Morgan fingerprint density at radius 3 is 2.71 bits per heavy atom. The zero-order valence-corrected chi connectivity index (χ0v) is 9.84. The van der Waals surface area contributed by atoms with Crippen molar-refractivity contribution in [3.8, 4) is 0 Å². The average molecular weight is 203 g/mol. The molecule has 0 fully saturated rings. The van der Waals surface area contributed by atoms with E-state index in [0.717, 1.165) is 32.9 Å². The van der Waals surface area contributed by atoms with Crippen LogP contribution in [-0.2, 0) is 9.47 Å². The monoisotopic (exact) mass is 203 g/mol. The molecule has 0 saturated heterocycles. The average Bonchev–Trinajstić information content (AvgIpc) is 2.17. The molecule has 14 heavy (non-hydrogen) atoms. The first kappa shape index (κ1) is 13.9. The fourth-order valence-corrected chi connectivity index (χ4v) is 1.18. The largest absolute Gasteiger partial charge is 0.384 e. The van der Waals surface area contributed by atoms with Gasteiger partial charge in [0, 0.05) is 26.9 Å². The van der Waals surface area contributed by atoms with Gasteiger partial charge in [-0.15, -0.1) is 0 Å². The predicted molar refractivity (Wildman–Crippen MR) is 59.6 cm³/mol. The Bertz CT molecular complexity index is 109. The minimum absolute atomic E-state index is 0.579.